The van der Waals surface area contributed by atoms with E-state index >= 15 is 0 Å². The van der Waals surface area contributed by atoms with Crippen LogP contribution in [0.25, 0.3) is 10.9 Å². The number of aliphatic carboxylic acids is 1. The van der Waals surface area contributed by atoms with E-state index in [0.29, 0.717) is 11.8 Å². The number of H-pyrrole nitrogens is 1. The Morgan fingerprint density at radius 1 is 1.24 bits per heavy atom. The number of sulfonamides is 1. The molecule has 2 atom stereocenters. The maximum Gasteiger partial charge on any atom is 0.326 e. The van der Waals surface area contributed by atoms with Gasteiger partial charge in [0.15, 0.2) is 5.78 Å². The number of carbonyl (C=O) groups is 3. The minimum atomic E-state index is -3.76. The molecule has 0 saturated heterocycles. The number of hydrogen-bond donors (Lipinski definition) is 5. The first-order valence-electron chi connectivity index (χ1n) is 8.69. The second kappa shape index (κ2) is 9.43. The molecule has 0 saturated carbocycles. The number of amides is 1. The number of para-hydroxylation sites is 1. The number of benzene rings is 1. The zero-order valence-electron chi connectivity index (χ0n) is 15.6. The number of fused-ring (bicyclic) bond motifs is 1. The lowest BCUT2D eigenvalue weighted by atomic mass is 10.0. The van der Waals surface area contributed by atoms with Crippen LogP contribution in [0.4, 0.5) is 0 Å². The van der Waals surface area contributed by atoms with E-state index in [1.54, 1.807) is 12.3 Å². The van der Waals surface area contributed by atoms with Crippen LogP contribution in [0.1, 0.15) is 18.4 Å². The number of Topliss-reactive ketones (excluding diaryl/α,β-unsaturated/α-hetero) is 1. The van der Waals surface area contributed by atoms with Crippen molar-refractivity contribution in [3.05, 3.63) is 36.0 Å². The highest BCUT2D eigenvalue weighted by atomic mass is 32.2. The SMILES string of the molecule is CS(=O)(=O)N[C@@H](Cc1c[nH]c2ccccc12)C(=O)N[C@@H](CCC(=O)C=N)C(=O)O. The van der Waals surface area contributed by atoms with Gasteiger partial charge in [0.25, 0.3) is 0 Å². The Bertz CT molecular complexity index is 1030. The number of aromatic amines is 1. The number of rotatable bonds is 11. The third-order valence-electron chi connectivity index (χ3n) is 4.23. The molecule has 29 heavy (non-hydrogen) atoms. The van der Waals surface area contributed by atoms with Crippen molar-refractivity contribution < 1.29 is 27.9 Å². The predicted molar refractivity (Wildman–Crippen MR) is 106 cm³/mol. The lowest BCUT2D eigenvalue weighted by Gasteiger charge is -2.20. The van der Waals surface area contributed by atoms with Crippen molar-refractivity contribution >= 4 is 44.8 Å². The number of aromatic nitrogens is 1. The monoisotopic (exact) mass is 422 g/mol. The van der Waals surface area contributed by atoms with Crippen LogP contribution in [0.5, 0.6) is 0 Å². The maximum atomic E-state index is 12.7. The molecule has 156 valence electrons. The first-order chi connectivity index (χ1) is 13.6. The molecule has 1 heterocycles. The van der Waals surface area contributed by atoms with Crippen LogP contribution < -0.4 is 10.0 Å². The highest BCUT2D eigenvalue weighted by Gasteiger charge is 2.28. The molecule has 11 heteroatoms. The van der Waals surface area contributed by atoms with Crippen molar-refractivity contribution in [3.8, 4) is 0 Å². The smallest absolute Gasteiger partial charge is 0.326 e. The quantitative estimate of drug-likeness (QED) is 0.324. The fourth-order valence-corrected chi connectivity index (χ4v) is 3.56. The standard InChI is InChI=1S/C18H22N4O6S/c1-29(27,28)22-16(8-11-10-20-14-5-3-2-4-13(11)14)17(24)21-15(18(25)26)7-6-12(23)9-19/h2-5,9-10,15-16,19-20,22H,6-8H2,1H3,(H,21,24)(H,25,26)/t15-,16-/m0/s1. The molecule has 0 aliphatic rings. The Kier molecular flexibility index (Phi) is 7.23. The highest BCUT2D eigenvalue weighted by Crippen LogP contribution is 2.19. The fourth-order valence-electron chi connectivity index (χ4n) is 2.86. The van der Waals surface area contributed by atoms with Crippen molar-refractivity contribution in [2.24, 2.45) is 0 Å². The molecule has 1 aromatic carbocycles. The summed E-state index contributed by atoms with van der Waals surface area (Å²) in [6.07, 6.45) is 2.69. The number of hydrogen-bond acceptors (Lipinski definition) is 6. The molecule has 0 spiro atoms. The average molecular weight is 422 g/mol. The van der Waals surface area contributed by atoms with Gasteiger partial charge in [-0.25, -0.2) is 17.9 Å². The van der Waals surface area contributed by atoms with Gasteiger partial charge in [-0.05, 0) is 24.5 Å². The molecule has 5 N–H and O–H groups in total. The van der Waals surface area contributed by atoms with Gasteiger partial charge in [0.05, 0.1) is 12.5 Å². The number of ketones is 1. The van der Waals surface area contributed by atoms with Crippen LogP contribution in [-0.4, -0.2) is 60.7 Å². The van der Waals surface area contributed by atoms with Gasteiger partial charge in [0.2, 0.25) is 15.9 Å². The largest absolute Gasteiger partial charge is 0.480 e. The summed E-state index contributed by atoms with van der Waals surface area (Å²) in [6.45, 7) is 0. The van der Waals surface area contributed by atoms with Gasteiger partial charge in [-0.2, -0.15) is 0 Å². The van der Waals surface area contributed by atoms with E-state index in [1.807, 2.05) is 18.2 Å². The van der Waals surface area contributed by atoms with Crippen molar-refractivity contribution in [1.82, 2.24) is 15.0 Å². The molecular formula is C18H22N4O6S. The third-order valence-corrected chi connectivity index (χ3v) is 4.94. The minimum absolute atomic E-state index is 0.00527. The van der Waals surface area contributed by atoms with Gasteiger partial charge < -0.3 is 20.8 Å². The van der Waals surface area contributed by atoms with Crippen molar-refractivity contribution in [2.75, 3.05) is 6.26 Å². The lowest BCUT2D eigenvalue weighted by molar-refractivity contribution is -0.142. The third kappa shape index (κ3) is 6.50. The number of carboxylic acid groups (broad SMARTS) is 1. The van der Waals surface area contributed by atoms with E-state index in [2.05, 4.69) is 15.0 Å². The van der Waals surface area contributed by atoms with E-state index in [1.165, 1.54) is 0 Å². The summed E-state index contributed by atoms with van der Waals surface area (Å²) in [7, 11) is -3.76. The van der Waals surface area contributed by atoms with Crippen LogP contribution in [0.2, 0.25) is 0 Å². The highest BCUT2D eigenvalue weighted by molar-refractivity contribution is 7.88. The Morgan fingerprint density at radius 2 is 1.93 bits per heavy atom. The van der Waals surface area contributed by atoms with Gasteiger partial charge in [-0.15, -0.1) is 0 Å². The molecule has 1 aromatic heterocycles. The van der Waals surface area contributed by atoms with E-state index in [9.17, 15) is 27.9 Å². The summed E-state index contributed by atoms with van der Waals surface area (Å²) in [5, 5.41) is 19.2. The molecule has 2 aromatic rings. The Balaban J connectivity index is 2.21. The van der Waals surface area contributed by atoms with Gasteiger partial charge >= 0.3 is 5.97 Å². The van der Waals surface area contributed by atoms with Crippen molar-refractivity contribution in [1.29, 1.82) is 5.41 Å². The second-order valence-corrected chi connectivity index (χ2v) is 8.33. The molecule has 0 fully saturated rings. The van der Waals surface area contributed by atoms with E-state index < -0.39 is 39.8 Å². The topological polar surface area (TPSA) is 169 Å². The normalized spacial score (nSPS) is 13.6. The van der Waals surface area contributed by atoms with Crippen LogP contribution >= 0.6 is 0 Å². The Hall–Kier alpha value is -3.05. The van der Waals surface area contributed by atoms with E-state index in [4.69, 9.17) is 5.41 Å². The molecular weight excluding hydrogens is 400 g/mol. The maximum absolute atomic E-state index is 12.7. The molecule has 10 nitrogen and oxygen atoms in total. The molecule has 1 amide bonds. The van der Waals surface area contributed by atoms with Crippen LogP contribution in [0.15, 0.2) is 30.5 Å². The molecule has 0 aliphatic carbocycles. The van der Waals surface area contributed by atoms with Crippen molar-refractivity contribution in [3.63, 3.8) is 0 Å². The molecule has 0 unspecified atom stereocenters. The first kappa shape index (κ1) is 22.2. The average Bonchev–Trinajstić information content (AvgIpc) is 3.05. The number of carbonyl (C=O) groups excluding carboxylic acids is 2. The zero-order valence-corrected chi connectivity index (χ0v) is 16.5. The zero-order chi connectivity index (χ0) is 21.6. The summed E-state index contributed by atoms with van der Waals surface area (Å²) in [4.78, 5) is 38.3. The van der Waals surface area contributed by atoms with Crippen LogP contribution in [0, 0.1) is 5.41 Å². The summed E-state index contributed by atoms with van der Waals surface area (Å²) in [5.41, 5.74) is 1.50. The van der Waals surface area contributed by atoms with Crippen LogP contribution in [0.3, 0.4) is 0 Å². The molecule has 0 radical (unpaired) electrons. The van der Waals surface area contributed by atoms with Gasteiger partial charge in [0, 0.05) is 23.5 Å². The summed E-state index contributed by atoms with van der Waals surface area (Å²) >= 11 is 0. The molecule has 0 aliphatic heterocycles. The van der Waals surface area contributed by atoms with Gasteiger partial charge in [-0.3, -0.25) is 9.59 Å². The second-order valence-electron chi connectivity index (χ2n) is 6.55. The summed E-state index contributed by atoms with van der Waals surface area (Å²) < 4.78 is 25.7. The lowest BCUT2D eigenvalue weighted by Crippen LogP contribution is -2.52. The van der Waals surface area contributed by atoms with Gasteiger partial charge in [-0.1, -0.05) is 18.2 Å². The fraction of sp³-hybridized carbons (Fsp3) is 0.333. The van der Waals surface area contributed by atoms with Crippen molar-refractivity contribution in [2.45, 2.75) is 31.3 Å². The molecule has 2 rings (SSSR count). The van der Waals surface area contributed by atoms with Crippen LogP contribution in [-0.2, 0) is 30.8 Å². The van der Waals surface area contributed by atoms with E-state index in [0.717, 1.165) is 17.2 Å². The first-order valence-corrected chi connectivity index (χ1v) is 10.6. The Labute approximate surface area is 167 Å². The Morgan fingerprint density at radius 3 is 2.55 bits per heavy atom. The minimum Gasteiger partial charge on any atom is -0.480 e. The predicted octanol–water partition coefficient (Wildman–Crippen LogP) is 0.196. The van der Waals surface area contributed by atoms with Gasteiger partial charge in [0.1, 0.15) is 12.1 Å². The van der Waals surface area contributed by atoms with E-state index in [-0.39, 0.29) is 19.3 Å². The summed E-state index contributed by atoms with van der Waals surface area (Å²) in [6, 6.07) is 4.65. The number of carboxylic acids is 1. The number of nitrogens with one attached hydrogen (secondary N) is 4. The molecule has 0 bridgehead atoms. The summed E-state index contributed by atoms with van der Waals surface area (Å²) in [5.74, 6) is -2.76.